The van der Waals surface area contributed by atoms with Crippen molar-refractivity contribution < 1.29 is 8.42 Å². The van der Waals surface area contributed by atoms with Crippen LogP contribution in [0.25, 0.3) is 0 Å². The Morgan fingerprint density at radius 2 is 2.09 bits per heavy atom. The van der Waals surface area contributed by atoms with Crippen molar-refractivity contribution in [2.45, 2.75) is 24.1 Å². The topological polar surface area (TPSA) is 66.1 Å². The second-order valence-electron chi connectivity index (χ2n) is 5.27. The van der Waals surface area contributed by atoms with Gasteiger partial charge in [-0.2, -0.15) is 9.40 Å². The molecule has 0 saturated carbocycles. The second kappa shape index (κ2) is 6.29. The first-order chi connectivity index (χ1) is 10.8. The molecule has 3 rings (SSSR count). The highest BCUT2D eigenvalue weighted by molar-refractivity contribution is 8.01. The van der Waals surface area contributed by atoms with Gasteiger partial charge in [0.15, 0.2) is 0 Å². The molecular formula is C14H15Cl2N3O2S2. The summed E-state index contributed by atoms with van der Waals surface area (Å²) in [6.45, 7) is 3.82. The van der Waals surface area contributed by atoms with Crippen molar-refractivity contribution in [2.24, 2.45) is 0 Å². The third-order valence-electron chi connectivity index (χ3n) is 3.70. The number of aromatic nitrogens is 2. The smallest absolute Gasteiger partial charge is 0.248 e. The zero-order valence-electron chi connectivity index (χ0n) is 12.5. The van der Waals surface area contributed by atoms with Crippen LogP contribution in [-0.4, -0.2) is 35.2 Å². The number of nitrogens with one attached hydrogen (secondary N) is 1. The largest absolute Gasteiger partial charge is 0.281 e. The Morgan fingerprint density at radius 3 is 2.70 bits per heavy atom. The van der Waals surface area contributed by atoms with Gasteiger partial charge in [-0.15, -0.1) is 11.8 Å². The van der Waals surface area contributed by atoms with E-state index in [1.807, 2.05) is 0 Å². The van der Waals surface area contributed by atoms with Crippen molar-refractivity contribution in [3.05, 3.63) is 45.2 Å². The van der Waals surface area contributed by atoms with Crippen molar-refractivity contribution in [3.63, 3.8) is 0 Å². The average molecular weight is 392 g/mol. The monoisotopic (exact) mass is 391 g/mol. The number of H-pyrrole nitrogens is 1. The van der Waals surface area contributed by atoms with Crippen LogP contribution in [0.2, 0.25) is 10.0 Å². The van der Waals surface area contributed by atoms with E-state index in [1.54, 1.807) is 43.8 Å². The number of aromatic amines is 1. The first kappa shape index (κ1) is 17.1. The van der Waals surface area contributed by atoms with E-state index in [2.05, 4.69) is 10.2 Å². The van der Waals surface area contributed by atoms with Gasteiger partial charge in [-0.05, 0) is 31.5 Å². The molecule has 1 saturated heterocycles. The molecule has 0 radical (unpaired) electrons. The summed E-state index contributed by atoms with van der Waals surface area (Å²) in [6, 6.07) is 5.14. The SMILES string of the molecule is Cc1n[nH]c(C)c1S(=O)(=O)N1CCSC1c1ccc(Cl)cc1Cl. The van der Waals surface area contributed by atoms with Crippen LogP contribution >= 0.6 is 35.0 Å². The summed E-state index contributed by atoms with van der Waals surface area (Å²) in [6.07, 6.45) is 0. The van der Waals surface area contributed by atoms with Gasteiger partial charge in [-0.25, -0.2) is 8.42 Å². The first-order valence-corrected chi connectivity index (χ1v) is 10.2. The summed E-state index contributed by atoms with van der Waals surface area (Å²) in [4.78, 5) is 0.245. The molecule has 1 aromatic carbocycles. The van der Waals surface area contributed by atoms with Crippen LogP contribution < -0.4 is 0 Å². The molecule has 1 aromatic heterocycles. The Labute approximate surface area is 149 Å². The minimum Gasteiger partial charge on any atom is -0.281 e. The lowest BCUT2D eigenvalue weighted by molar-refractivity contribution is 0.434. The van der Waals surface area contributed by atoms with Crippen LogP contribution in [0.5, 0.6) is 0 Å². The third-order valence-corrected chi connectivity index (χ3v) is 7.77. The maximum atomic E-state index is 13.1. The molecule has 1 fully saturated rings. The molecule has 1 N–H and O–H groups in total. The van der Waals surface area contributed by atoms with Crippen molar-refractivity contribution in [1.29, 1.82) is 0 Å². The van der Waals surface area contributed by atoms with Gasteiger partial charge in [0.2, 0.25) is 10.0 Å². The van der Waals surface area contributed by atoms with Gasteiger partial charge in [0.1, 0.15) is 4.90 Å². The summed E-state index contributed by atoms with van der Waals surface area (Å²) < 4.78 is 27.6. The number of nitrogens with zero attached hydrogens (tertiary/aromatic N) is 2. The summed E-state index contributed by atoms with van der Waals surface area (Å²) >= 11 is 13.8. The van der Waals surface area contributed by atoms with Crippen molar-refractivity contribution in [2.75, 3.05) is 12.3 Å². The van der Waals surface area contributed by atoms with Gasteiger partial charge in [-0.1, -0.05) is 29.3 Å². The van der Waals surface area contributed by atoms with Crippen molar-refractivity contribution in [1.82, 2.24) is 14.5 Å². The highest BCUT2D eigenvalue weighted by Gasteiger charge is 2.39. The standard InChI is InChI=1S/C14H15Cl2N3O2S2/c1-8-13(9(2)18-17-8)23(20,21)19-5-6-22-14(19)11-4-3-10(15)7-12(11)16/h3-4,7,14H,5-6H2,1-2H3,(H,17,18). The molecule has 1 unspecified atom stereocenters. The van der Waals surface area contributed by atoms with Crippen molar-refractivity contribution >= 4 is 45.0 Å². The molecule has 1 aliphatic heterocycles. The highest BCUT2D eigenvalue weighted by Crippen LogP contribution is 2.44. The van der Waals surface area contributed by atoms with E-state index in [0.29, 0.717) is 33.7 Å². The Balaban J connectivity index is 2.05. The number of hydrogen-bond donors (Lipinski definition) is 1. The zero-order chi connectivity index (χ0) is 16.8. The van der Waals surface area contributed by atoms with Crippen LogP contribution in [0.15, 0.2) is 23.1 Å². The maximum Gasteiger partial charge on any atom is 0.248 e. The minimum atomic E-state index is -3.65. The normalized spacial score (nSPS) is 19.4. The number of benzene rings is 1. The summed E-state index contributed by atoms with van der Waals surface area (Å²) in [5.41, 5.74) is 1.77. The van der Waals surface area contributed by atoms with E-state index in [1.165, 1.54) is 4.31 Å². The molecular weight excluding hydrogens is 377 g/mol. The van der Waals surface area contributed by atoms with Crippen LogP contribution in [0.3, 0.4) is 0 Å². The number of thioether (sulfide) groups is 1. The lowest BCUT2D eigenvalue weighted by atomic mass is 10.2. The van der Waals surface area contributed by atoms with Crippen LogP contribution in [0.4, 0.5) is 0 Å². The molecule has 23 heavy (non-hydrogen) atoms. The van der Waals surface area contributed by atoms with Gasteiger partial charge in [-0.3, -0.25) is 5.10 Å². The van der Waals surface area contributed by atoms with Gasteiger partial charge < -0.3 is 0 Å². The Kier molecular flexibility index (Phi) is 4.68. The number of halogens is 2. The van der Waals surface area contributed by atoms with E-state index in [9.17, 15) is 8.42 Å². The van der Waals surface area contributed by atoms with E-state index in [4.69, 9.17) is 23.2 Å². The summed E-state index contributed by atoms with van der Waals surface area (Å²) in [7, 11) is -3.65. The van der Waals surface area contributed by atoms with Crippen LogP contribution in [-0.2, 0) is 10.0 Å². The second-order valence-corrected chi connectivity index (χ2v) is 9.13. The predicted molar refractivity (Wildman–Crippen MR) is 93.6 cm³/mol. The molecule has 0 amide bonds. The maximum absolute atomic E-state index is 13.1. The average Bonchev–Trinajstić information content (AvgIpc) is 3.06. The van der Waals surface area contributed by atoms with E-state index >= 15 is 0 Å². The number of rotatable bonds is 3. The summed E-state index contributed by atoms with van der Waals surface area (Å²) in [5.74, 6) is 0.707. The predicted octanol–water partition coefficient (Wildman–Crippen LogP) is 3.77. The third kappa shape index (κ3) is 3.00. The lowest BCUT2D eigenvalue weighted by Gasteiger charge is -2.24. The van der Waals surface area contributed by atoms with Crippen molar-refractivity contribution in [3.8, 4) is 0 Å². The van der Waals surface area contributed by atoms with Gasteiger partial charge in [0, 0.05) is 22.3 Å². The van der Waals surface area contributed by atoms with E-state index < -0.39 is 10.0 Å². The van der Waals surface area contributed by atoms with Gasteiger partial charge in [0.05, 0.1) is 16.8 Å². The zero-order valence-corrected chi connectivity index (χ0v) is 15.7. The first-order valence-electron chi connectivity index (χ1n) is 6.92. The fourth-order valence-electron chi connectivity index (χ4n) is 2.69. The highest BCUT2D eigenvalue weighted by atomic mass is 35.5. The van der Waals surface area contributed by atoms with Gasteiger partial charge in [0.25, 0.3) is 0 Å². The fraction of sp³-hybridized carbons (Fsp3) is 0.357. The van der Waals surface area contributed by atoms with Crippen LogP contribution in [0.1, 0.15) is 22.3 Å². The van der Waals surface area contributed by atoms with Gasteiger partial charge >= 0.3 is 0 Å². The molecule has 1 atom stereocenters. The summed E-state index contributed by atoms with van der Waals surface area (Å²) in [5, 5.41) is 7.37. The molecule has 0 aliphatic carbocycles. The fourth-order valence-corrected chi connectivity index (χ4v) is 6.87. The quantitative estimate of drug-likeness (QED) is 0.864. The molecule has 9 heteroatoms. The lowest BCUT2D eigenvalue weighted by Crippen LogP contribution is -2.31. The van der Waals surface area contributed by atoms with Crippen LogP contribution in [0, 0.1) is 13.8 Å². The molecule has 0 bridgehead atoms. The Bertz CT molecular complexity index is 832. The Hall–Kier alpha value is -0.730. The molecule has 124 valence electrons. The number of aryl methyl sites for hydroxylation is 2. The molecule has 2 heterocycles. The Morgan fingerprint density at radius 1 is 1.35 bits per heavy atom. The molecule has 5 nitrogen and oxygen atoms in total. The molecule has 0 spiro atoms. The number of sulfonamides is 1. The molecule has 1 aliphatic rings. The minimum absolute atomic E-state index is 0.245. The molecule has 2 aromatic rings. The van der Waals surface area contributed by atoms with E-state index in [0.717, 1.165) is 5.56 Å². The number of hydrogen-bond acceptors (Lipinski definition) is 4. The van der Waals surface area contributed by atoms with E-state index in [-0.39, 0.29) is 10.3 Å².